The highest BCUT2D eigenvalue weighted by atomic mass is 16.5. The number of hydrogen-bond donors (Lipinski definition) is 2. The van der Waals surface area contributed by atoms with E-state index in [1.165, 1.54) is 25.7 Å². The van der Waals surface area contributed by atoms with Crippen LogP contribution in [0.3, 0.4) is 0 Å². The van der Waals surface area contributed by atoms with Gasteiger partial charge in [-0.25, -0.2) is 4.99 Å². The zero-order chi connectivity index (χ0) is 18.0. The Morgan fingerprint density at radius 1 is 1.23 bits per heavy atom. The molecule has 26 heavy (non-hydrogen) atoms. The Morgan fingerprint density at radius 3 is 2.77 bits per heavy atom. The van der Waals surface area contributed by atoms with Crippen molar-refractivity contribution in [2.45, 2.75) is 57.6 Å². The van der Waals surface area contributed by atoms with Gasteiger partial charge in [-0.2, -0.15) is 0 Å². The smallest absolute Gasteiger partial charge is 0.193 e. The molecule has 1 spiro atoms. The van der Waals surface area contributed by atoms with Gasteiger partial charge in [-0.3, -0.25) is 0 Å². The lowest BCUT2D eigenvalue weighted by Crippen LogP contribution is -2.56. The van der Waals surface area contributed by atoms with Crippen molar-refractivity contribution in [3.63, 3.8) is 0 Å². The van der Waals surface area contributed by atoms with E-state index in [4.69, 9.17) is 24.9 Å². The van der Waals surface area contributed by atoms with Crippen LogP contribution in [-0.4, -0.2) is 37.9 Å². The Morgan fingerprint density at radius 2 is 2.00 bits per heavy atom. The summed E-state index contributed by atoms with van der Waals surface area (Å²) in [5.41, 5.74) is 7.29. The van der Waals surface area contributed by atoms with E-state index >= 15 is 0 Å². The van der Waals surface area contributed by atoms with Gasteiger partial charge >= 0.3 is 0 Å². The van der Waals surface area contributed by atoms with E-state index in [9.17, 15) is 0 Å². The largest absolute Gasteiger partial charge is 0.490 e. The second-order valence-electron chi connectivity index (χ2n) is 7.49. The van der Waals surface area contributed by atoms with E-state index < -0.39 is 0 Å². The van der Waals surface area contributed by atoms with Crippen LogP contribution in [0.15, 0.2) is 23.2 Å². The van der Waals surface area contributed by atoms with Crippen molar-refractivity contribution in [3.05, 3.63) is 18.2 Å². The van der Waals surface area contributed by atoms with E-state index in [1.54, 1.807) is 0 Å². The van der Waals surface area contributed by atoms with Crippen LogP contribution in [0.1, 0.15) is 45.4 Å². The predicted octanol–water partition coefficient (Wildman–Crippen LogP) is 3.31. The summed E-state index contributed by atoms with van der Waals surface area (Å²) in [6, 6.07) is 6.06. The summed E-state index contributed by atoms with van der Waals surface area (Å²) in [5, 5.41) is 3.22. The van der Waals surface area contributed by atoms with Gasteiger partial charge in [-0.1, -0.05) is 12.8 Å². The minimum absolute atomic E-state index is 0.201. The number of rotatable bonds is 4. The third-order valence-electron chi connectivity index (χ3n) is 5.96. The summed E-state index contributed by atoms with van der Waals surface area (Å²) >= 11 is 0. The topological polar surface area (TPSA) is 78.1 Å². The minimum atomic E-state index is 0.201. The molecule has 1 aliphatic heterocycles. The molecule has 2 saturated carbocycles. The quantitative estimate of drug-likeness (QED) is 0.637. The van der Waals surface area contributed by atoms with Crippen molar-refractivity contribution in [1.82, 2.24) is 0 Å². The third-order valence-corrected chi connectivity index (χ3v) is 5.96. The first-order chi connectivity index (χ1) is 12.7. The molecular formula is C20H29N3O3. The Bertz CT molecular complexity index is 670. The minimum Gasteiger partial charge on any atom is -0.490 e. The Hall–Kier alpha value is -1.95. The molecule has 0 radical (unpaired) electrons. The second-order valence-corrected chi connectivity index (χ2v) is 7.49. The Balaban J connectivity index is 1.45. The summed E-state index contributed by atoms with van der Waals surface area (Å²) < 4.78 is 17.4. The van der Waals surface area contributed by atoms with Crippen molar-refractivity contribution in [1.29, 1.82) is 0 Å². The molecule has 2 atom stereocenters. The number of nitrogens with two attached hydrogens (primary N) is 1. The standard InChI is InChI=1S/C20H29N3O3/c1-2-24-18-13-17(20(18)8-3-4-9-20)23-19(21)22-14-6-7-15-16(12-14)26-11-5-10-25-15/h6-7,12,17-18H,2-5,8-11,13H2,1H3,(H3,21,22,23). The molecule has 2 fully saturated rings. The van der Waals surface area contributed by atoms with Gasteiger partial charge in [0, 0.05) is 30.2 Å². The lowest BCUT2D eigenvalue weighted by atomic mass is 9.61. The first-order valence-corrected chi connectivity index (χ1v) is 9.83. The van der Waals surface area contributed by atoms with Crippen molar-refractivity contribution >= 4 is 11.6 Å². The molecule has 0 bridgehead atoms. The summed E-state index contributed by atoms with van der Waals surface area (Å²) in [7, 11) is 0. The molecule has 3 aliphatic rings. The first kappa shape index (κ1) is 17.5. The van der Waals surface area contributed by atoms with Crippen LogP contribution in [-0.2, 0) is 4.74 Å². The van der Waals surface area contributed by atoms with Crippen LogP contribution in [0.4, 0.5) is 5.69 Å². The molecule has 1 aromatic carbocycles. The molecule has 1 heterocycles. The van der Waals surface area contributed by atoms with Gasteiger partial charge in [0.05, 0.1) is 25.4 Å². The van der Waals surface area contributed by atoms with E-state index in [0.717, 1.165) is 36.6 Å². The highest BCUT2D eigenvalue weighted by Crippen LogP contribution is 2.56. The van der Waals surface area contributed by atoms with Gasteiger partial charge in [0.2, 0.25) is 0 Å². The number of ether oxygens (including phenoxy) is 3. The van der Waals surface area contributed by atoms with Crippen LogP contribution in [0, 0.1) is 5.41 Å². The summed E-state index contributed by atoms with van der Waals surface area (Å²) in [6.45, 7) is 4.20. The third kappa shape index (κ3) is 3.22. The highest BCUT2D eigenvalue weighted by molar-refractivity contribution is 5.92. The van der Waals surface area contributed by atoms with Crippen LogP contribution in [0.2, 0.25) is 0 Å². The maximum absolute atomic E-state index is 6.22. The van der Waals surface area contributed by atoms with Crippen molar-refractivity contribution in [2.75, 3.05) is 25.1 Å². The fourth-order valence-corrected chi connectivity index (χ4v) is 4.62. The van der Waals surface area contributed by atoms with Gasteiger partial charge in [-0.15, -0.1) is 0 Å². The van der Waals surface area contributed by atoms with Crippen molar-refractivity contribution in [3.8, 4) is 11.5 Å². The van der Waals surface area contributed by atoms with E-state index in [2.05, 4.69) is 12.2 Å². The normalized spacial score (nSPS) is 27.0. The molecule has 2 aliphatic carbocycles. The fraction of sp³-hybridized carbons (Fsp3) is 0.650. The molecule has 4 rings (SSSR count). The number of nitrogens with zero attached hydrogens (tertiary/aromatic N) is 1. The van der Waals surface area contributed by atoms with Gasteiger partial charge in [0.15, 0.2) is 17.5 Å². The van der Waals surface area contributed by atoms with E-state index in [0.29, 0.717) is 25.3 Å². The number of aliphatic imine (C=N–C) groups is 1. The predicted molar refractivity (Wildman–Crippen MR) is 102 cm³/mol. The van der Waals surface area contributed by atoms with Gasteiger partial charge in [0.1, 0.15) is 0 Å². The SMILES string of the molecule is CCOC1CC(N=C(N)Nc2ccc3c(c2)OCCCO3)C12CCCC2. The molecule has 3 N–H and O–H groups in total. The summed E-state index contributed by atoms with van der Waals surface area (Å²) in [6.07, 6.45) is 7.14. The lowest BCUT2D eigenvalue weighted by Gasteiger charge is -2.52. The first-order valence-electron chi connectivity index (χ1n) is 9.83. The van der Waals surface area contributed by atoms with Crippen LogP contribution >= 0.6 is 0 Å². The molecule has 0 aromatic heterocycles. The molecule has 2 unspecified atom stereocenters. The molecule has 0 saturated heterocycles. The highest BCUT2D eigenvalue weighted by Gasteiger charge is 2.56. The number of nitrogens with one attached hydrogen (secondary N) is 1. The Labute approximate surface area is 155 Å². The van der Waals surface area contributed by atoms with Gasteiger partial charge in [0.25, 0.3) is 0 Å². The van der Waals surface area contributed by atoms with Crippen LogP contribution in [0.25, 0.3) is 0 Å². The average Bonchev–Trinajstić information content (AvgIpc) is 3.05. The fourth-order valence-electron chi connectivity index (χ4n) is 4.62. The number of guanidine groups is 1. The number of benzene rings is 1. The van der Waals surface area contributed by atoms with Gasteiger partial charge < -0.3 is 25.3 Å². The molecule has 6 nitrogen and oxygen atoms in total. The summed E-state index contributed by atoms with van der Waals surface area (Å²) in [5.74, 6) is 2.00. The van der Waals surface area contributed by atoms with Crippen molar-refractivity contribution < 1.29 is 14.2 Å². The molecule has 0 amide bonds. The Kier molecular flexibility index (Phi) is 4.94. The second kappa shape index (κ2) is 7.35. The molecule has 1 aromatic rings. The lowest BCUT2D eigenvalue weighted by molar-refractivity contribution is -0.119. The van der Waals surface area contributed by atoms with Crippen molar-refractivity contribution in [2.24, 2.45) is 16.1 Å². The average molecular weight is 359 g/mol. The monoisotopic (exact) mass is 359 g/mol. The maximum Gasteiger partial charge on any atom is 0.193 e. The number of hydrogen-bond acceptors (Lipinski definition) is 4. The maximum atomic E-state index is 6.22. The van der Waals surface area contributed by atoms with E-state index in [1.807, 2.05) is 18.2 Å². The molecular weight excluding hydrogens is 330 g/mol. The van der Waals surface area contributed by atoms with Crippen LogP contribution in [0.5, 0.6) is 11.5 Å². The zero-order valence-electron chi connectivity index (χ0n) is 15.5. The van der Waals surface area contributed by atoms with Crippen LogP contribution < -0.4 is 20.5 Å². The van der Waals surface area contributed by atoms with Gasteiger partial charge in [-0.05, 0) is 38.3 Å². The zero-order valence-corrected chi connectivity index (χ0v) is 15.5. The molecule has 142 valence electrons. The number of fused-ring (bicyclic) bond motifs is 1. The van der Waals surface area contributed by atoms with E-state index in [-0.39, 0.29) is 11.5 Å². The summed E-state index contributed by atoms with van der Waals surface area (Å²) in [4.78, 5) is 4.81. The molecule has 6 heteroatoms. The number of anilines is 1.